The van der Waals surface area contributed by atoms with Gasteiger partial charge in [-0.05, 0) is 37.0 Å². The molecule has 2 heterocycles. The van der Waals surface area contributed by atoms with Crippen LogP contribution in [0.4, 0.5) is 5.95 Å². The van der Waals surface area contributed by atoms with E-state index in [4.69, 9.17) is 0 Å². The van der Waals surface area contributed by atoms with Crippen molar-refractivity contribution in [2.24, 2.45) is 5.92 Å². The van der Waals surface area contributed by atoms with Gasteiger partial charge in [-0.3, -0.25) is 0 Å². The van der Waals surface area contributed by atoms with Gasteiger partial charge in [0, 0.05) is 12.7 Å². The van der Waals surface area contributed by atoms with Crippen LogP contribution in [0.25, 0.3) is 5.65 Å². The molecule has 1 N–H and O–H groups in total. The summed E-state index contributed by atoms with van der Waals surface area (Å²) in [4.78, 5) is 4.45. The van der Waals surface area contributed by atoms with Gasteiger partial charge in [-0.1, -0.05) is 26.7 Å². The van der Waals surface area contributed by atoms with Crippen molar-refractivity contribution < 1.29 is 0 Å². The SMILES string of the molecule is Cc1ccn2nc(NCCCCC(C)C)nc2c1. The lowest BCUT2D eigenvalue weighted by Crippen LogP contribution is -2.03. The number of nitrogens with one attached hydrogen (secondary N) is 1. The lowest BCUT2D eigenvalue weighted by atomic mass is 10.1. The van der Waals surface area contributed by atoms with Crippen molar-refractivity contribution in [3.05, 3.63) is 23.9 Å². The van der Waals surface area contributed by atoms with Crippen LogP contribution >= 0.6 is 0 Å². The van der Waals surface area contributed by atoms with Gasteiger partial charge in [-0.2, -0.15) is 4.98 Å². The maximum absolute atomic E-state index is 4.45. The lowest BCUT2D eigenvalue weighted by Gasteiger charge is -2.04. The molecule has 0 atom stereocenters. The minimum Gasteiger partial charge on any atom is -0.353 e. The third-order valence-corrected chi connectivity index (χ3v) is 2.98. The van der Waals surface area contributed by atoms with Gasteiger partial charge in [-0.25, -0.2) is 4.52 Å². The third-order valence-electron chi connectivity index (χ3n) is 2.98. The van der Waals surface area contributed by atoms with Crippen molar-refractivity contribution in [1.29, 1.82) is 0 Å². The highest BCUT2D eigenvalue weighted by Crippen LogP contribution is 2.09. The van der Waals surface area contributed by atoms with Gasteiger partial charge < -0.3 is 5.32 Å². The molecule has 98 valence electrons. The lowest BCUT2D eigenvalue weighted by molar-refractivity contribution is 0.544. The second kappa shape index (κ2) is 5.85. The molecule has 2 aromatic heterocycles. The topological polar surface area (TPSA) is 42.2 Å². The van der Waals surface area contributed by atoms with E-state index in [1.807, 2.05) is 22.8 Å². The highest BCUT2D eigenvalue weighted by molar-refractivity contribution is 5.45. The van der Waals surface area contributed by atoms with Gasteiger partial charge in [-0.15, -0.1) is 5.10 Å². The van der Waals surface area contributed by atoms with E-state index < -0.39 is 0 Å². The molecule has 4 heteroatoms. The first-order chi connectivity index (χ1) is 8.65. The predicted molar refractivity (Wildman–Crippen MR) is 74.9 cm³/mol. The molecule has 0 amide bonds. The third kappa shape index (κ3) is 3.45. The summed E-state index contributed by atoms with van der Waals surface area (Å²) in [6.45, 7) is 7.54. The van der Waals surface area contributed by atoms with Crippen molar-refractivity contribution in [2.45, 2.75) is 40.0 Å². The van der Waals surface area contributed by atoms with Crippen LogP contribution in [0.3, 0.4) is 0 Å². The number of unbranched alkanes of at least 4 members (excludes halogenated alkanes) is 1. The fraction of sp³-hybridized carbons (Fsp3) is 0.571. The molecule has 2 aromatic rings. The zero-order valence-electron chi connectivity index (χ0n) is 11.5. The van der Waals surface area contributed by atoms with E-state index in [-0.39, 0.29) is 0 Å². The first kappa shape index (κ1) is 12.9. The Morgan fingerprint density at radius 1 is 1.33 bits per heavy atom. The molecule has 0 aliphatic carbocycles. The van der Waals surface area contributed by atoms with Gasteiger partial charge in [0.2, 0.25) is 5.95 Å². The van der Waals surface area contributed by atoms with Crippen LogP contribution in [0.5, 0.6) is 0 Å². The number of pyridine rings is 1. The van der Waals surface area contributed by atoms with E-state index in [9.17, 15) is 0 Å². The number of aryl methyl sites for hydroxylation is 1. The number of fused-ring (bicyclic) bond motifs is 1. The number of hydrogen-bond acceptors (Lipinski definition) is 3. The molecular weight excluding hydrogens is 224 g/mol. The van der Waals surface area contributed by atoms with Crippen LogP contribution in [0.1, 0.15) is 38.7 Å². The van der Waals surface area contributed by atoms with Crippen LogP contribution in [0, 0.1) is 12.8 Å². The molecule has 0 saturated carbocycles. The first-order valence-electron chi connectivity index (χ1n) is 6.72. The Labute approximate surface area is 108 Å². The number of aromatic nitrogens is 3. The molecule has 0 aromatic carbocycles. The van der Waals surface area contributed by atoms with Crippen LogP contribution in [0.2, 0.25) is 0 Å². The fourth-order valence-corrected chi connectivity index (χ4v) is 1.94. The minimum atomic E-state index is 0.727. The standard InChI is InChI=1S/C14H22N4/c1-11(2)6-4-5-8-15-14-16-13-10-12(3)7-9-18(13)17-14/h7,9-11H,4-6,8H2,1-3H3,(H,15,17). The Morgan fingerprint density at radius 3 is 2.94 bits per heavy atom. The number of nitrogens with zero attached hydrogens (tertiary/aromatic N) is 3. The van der Waals surface area contributed by atoms with Crippen LogP contribution in [-0.4, -0.2) is 21.1 Å². The van der Waals surface area contributed by atoms with E-state index >= 15 is 0 Å². The summed E-state index contributed by atoms with van der Waals surface area (Å²) in [5, 5.41) is 7.67. The highest BCUT2D eigenvalue weighted by Gasteiger charge is 2.02. The zero-order chi connectivity index (χ0) is 13.0. The quantitative estimate of drug-likeness (QED) is 0.795. The van der Waals surface area contributed by atoms with Crippen molar-refractivity contribution in [2.75, 3.05) is 11.9 Å². The molecule has 18 heavy (non-hydrogen) atoms. The second-order valence-corrected chi connectivity index (χ2v) is 5.26. The van der Waals surface area contributed by atoms with E-state index in [1.165, 1.54) is 24.8 Å². The van der Waals surface area contributed by atoms with Gasteiger partial charge >= 0.3 is 0 Å². The average molecular weight is 246 g/mol. The highest BCUT2D eigenvalue weighted by atomic mass is 15.3. The Bertz CT molecular complexity index is 501. The van der Waals surface area contributed by atoms with Gasteiger partial charge in [0.25, 0.3) is 0 Å². The van der Waals surface area contributed by atoms with Crippen molar-refractivity contribution in [3.63, 3.8) is 0 Å². The maximum Gasteiger partial charge on any atom is 0.243 e. The molecule has 0 aliphatic rings. The van der Waals surface area contributed by atoms with E-state index in [0.29, 0.717) is 0 Å². The van der Waals surface area contributed by atoms with Crippen LogP contribution < -0.4 is 5.32 Å². The summed E-state index contributed by atoms with van der Waals surface area (Å²) in [5.41, 5.74) is 2.11. The molecule has 0 saturated heterocycles. The normalized spacial score (nSPS) is 11.3. The van der Waals surface area contributed by atoms with Gasteiger partial charge in [0.15, 0.2) is 5.65 Å². The molecule has 0 radical (unpaired) electrons. The smallest absolute Gasteiger partial charge is 0.243 e. The Morgan fingerprint density at radius 2 is 2.17 bits per heavy atom. The van der Waals surface area contributed by atoms with Crippen molar-refractivity contribution in [1.82, 2.24) is 14.6 Å². The average Bonchev–Trinajstić information content (AvgIpc) is 2.70. The number of rotatable bonds is 6. The minimum absolute atomic E-state index is 0.727. The monoisotopic (exact) mass is 246 g/mol. The fourth-order valence-electron chi connectivity index (χ4n) is 1.94. The Balaban J connectivity index is 1.84. The molecule has 0 aliphatic heterocycles. The zero-order valence-corrected chi connectivity index (χ0v) is 11.5. The Hall–Kier alpha value is -1.58. The summed E-state index contributed by atoms with van der Waals surface area (Å²) in [7, 11) is 0. The van der Waals surface area contributed by atoms with Crippen molar-refractivity contribution in [3.8, 4) is 0 Å². The molecule has 0 bridgehead atoms. The van der Waals surface area contributed by atoms with Crippen molar-refractivity contribution >= 4 is 11.6 Å². The molecule has 0 fully saturated rings. The summed E-state index contributed by atoms with van der Waals surface area (Å²) < 4.78 is 1.81. The summed E-state index contributed by atoms with van der Waals surface area (Å²) in [6.07, 6.45) is 5.67. The molecule has 2 rings (SSSR count). The maximum atomic E-state index is 4.45. The summed E-state index contributed by atoms with van der Waals surface area (Å²) in [6, 6.07) is 4.07. The first-order valence-corrected chi connectivity index (χ1v) is 6.72. The second-order valence-electron chi connectivity index (χ2n) is 5.26. The van der Waals surface area contributed by atoms with E-state index in [1.54, 1.807) is 0 Å². The summed E-state index contributed by atoms with van der Waals surface area (Å²) in [5.74, 6) is 1.52. The number of anilines is 1. The Kier molecular flexibility index (Phi) is 4.18. The summed E-state index contributed by atoms with van der Waals surface area (Å²) >= 11 is 0. The largest absolute Gasteiger partial charge is 0.353 e. The van der Waals surface area contributed by atoms with Crippen LogP contribution in [0.15, 0.2) is 18.3 Å². The molecule has 4 nitrogen and oxygen atoms in total. The van der Waals surface area contributed by atoms with E-state index in [0.717, 1.165) is 24.1 Å². The van der Waals surface area contributed by atoms with Gasteiger partial charge in [0.05, 0.1) is 0 Å². The van der Waals surface area contributed by atoms with E-state index in [2.05, 4.69) is 36.2 Å². The predicted octanol–water partition coefficient (Wildman–Crippen LogP) is 3.28. The van der Waals surface area contributed by atoms with Gasteiger partial charge in [0.1, 0.15) is 0 Å². The number of hydrogen-bond donors (Lipinski definition) is 1. The molecule has 0 spiro atoms. The van der Waals surface area contributed by atoms with Crippen LogP contribution in [-0.2, 0) is 0 Å². The molecule has 0 unspecified atom stereocenters. The molecular formula is C14H22N4.